The van der Waals surface area contributed by atoms with Gasteiger partial charge >= 0.3 is 18.2 Å². The van der Waals surface area contributed by atoms with Gasteiger partial charge in [0.2, 0.25) is 0 Å². The minimum absolute atomic E-state index is 0.256. The van der Waals surface area contributed by atoms with Gasteiger partial charge in [-0.2, -0.15) is 5.10 Å². The van der Waals surface area contributed by atoms with E-state index in [-0.39, 0.29) is 5.75 Å². The molecule has 0 bridgehead atoms. The Labute approximate surface area is 263 Å². The zero-order chi connectivity index (χ0) is 30.9. The minimum atomic E-state index is -1.42. The molecule has 0 saturated carbocycles. The van der Waals surface area contributed by atoms with Gasteiger partial charge < -0.3 is 18.9 Å². The monoisotopic (exact) mass is 628 g/mol. The maximum absolute atomic E-state index is 13.2. The lowest BCUT2D eigenvalue weighted by Gasteiger charge is -2.19. The van der Waals surface area contributed by atoms with Crippen molar-refractivity contribution >= 4 is 52.1 Å². The predicted molar refractivity (Wildman–Crippen MR) is 170 cm³/mol. The first-order valence-corrected chi connectivity index (χ1v) is 14.3. The highest BCUT2D eigenvalue weighted by molar-refractivity contribution is 6.30. The van der Waals surface area contributed by atoms with E-state index in [0.717, 1.165) is 10.8 Å². The quantitative estimate of drug-likeness (QED) is 0.0529. The van der Waals surface area contributed by atoms with Crippen molar-refractivity contribution < 1.29 is 28.5 Å². The molecule has 0 aliphatic rings. The molecule has 0 atom stereocenters. The Bertz CT molecular complexity index is 1730. The summed E-state index contributed by atoms with van der Waals surface area (Å²) in [6, 6.07) is 30.6. The fraction of sp³-hybridized carbons (Fsp3) is 0.0882. The molecule has 0 radical (unpaired) electrons. The number of ether oxygens (including phenoxy) is 4. The zero-order valence-corrected chi connectivity index (χ0v) is 24.9. The second kappa shape index (κ2) is 14.4. The average molecular weight is 629 g/mol. The van der Waals surface area contributed by atoms with E-state index in [1.54, 1.807) is 78.9 Å². The van der Waals surface area contributed by atoms with Crippen LogP contribution in [0.1, 0.15) is 22.8 Å². The topological polar surface area (TPSA) is 95.5 Å². The number of rotatable bonds is 11. The third kappa shape index (κ3) is 7.86. The van der Waals surface area contributed by atoms with Crippen molar-refractivity contribution in [2.45, 2.75) is 13.2 Å². The number of hydrogen-bond acceptors (Lipinski definition) is 7. The van der Waals surface area contributed by atoms with Crippen LogP contribution < -0.4 is 24.4 Å². The minimum Gasteiger partial charge on any atom is -0.494 e. The Morgan fingerprint density at radius 2 is 1.36 bits per heavy atom. The molecule has 222 valence electrons. The normalized spacial score (nSPS) is 11.0. The van der Waals surface area contributed by atoms with Crippen LogP contribution in [0, 0.1) is 0 Å². The molecule has 0 unspecified atom stereocenters. The molecule has 5 rings (SSSR count). The lowest BCUT2D eigenvalue weighted by molar-refractivity contribution is -0.140. The molecule has 0 spiro atoms. The van der Waals surface area contributed by atoms with Gasteiger partial charge in [-0.15, -0.1) is 0 Å². The van der Waals surface area contributed by atoms with Crippen molar-refractivity contribution in [1.29, 1.82) is 0 Å². The van der Waals surface area contributed by atoms with Crippen molar-refractivity contribution in [3.8, 4) is 23.0 Å². The number of hydrazone groups is 1. The van der Waals surface area contributed by atoms with E-state index < -0.39 is 18.2 Å². The summed E-state index contributed by atoms with van der Waals surface area (Å²) < 4.78 is 22.8. The van der Waals surface area contributed by atoms with Gasteiger partial charge in [-0.25, -0.2) is 10.2 Å². The van der Waals surface area contributed by atoms with E-state index in [4.69, 9.17) is 42.1 Å². The highest BCUT2D eigenvalue weighted by Crippen LogP contribution is 2.28. The third-order valence-electron chi connectivity index (χ3n) is 6.23. The summed E-state index contributed by atoms with van der Waals surface area (Å²) in [4.78, 5) is 26.2. The van der Waals surface area contributed by atoms with Crippen LogP contribution in [0.5, 0.6) is 23.0 Å². The molecule has 0 aliphatic heterocycles. The van der Waals surface area contributed by atoms with Gasteiger partial charge in [0.05, 0.1) is 18.4 Å². The second-order valence-corrected chi connectivity index (χ2v) is 10.1. The van der Waals surface area contributed by atoms with Gasteiger partial charge in [0.25, 0.3) is 0 Å². The summed E-state index contributed by atoms with van der Waals surface area (Å²) in [5, 5.41) is 6.83. The number of carbonyl (C=O) groups excluding carboxylic acids is 2. The van der Waals surface area contributed by atoms with E-state index in [1.165, 1.54) is 6.21 Å². The Kier molecular flexibility index (Phi) is 9.96. The first-order chi connectivity index (χ1) is 21.4. The number of fused-ring (bicyclic) bond motifs is 1. The predicted octanol–water partition coefficient (Wildman–Crippen LogP) is 7.70. The lowest BCUT2D eigenvalue weighted by Crippen LogP contribution is -2.40. The molecular weight excluding hydrogens is 603 g/mol. The maximum Gasteiger partial charge on any atom is 0.343 e. The number of nitrogens with zero attached hydrogens (tertiary/aromatic N) is 1. The Morgan fingerprint density at radius 3 is 1.98 bits per heavy atom. The van der Waals surface area contributed by atoms with Crippen LogP contribution in [0.2, 0.25) is 10.0 Å². The number of amides is 1. The van der Waals surface area contributed by atoms with Gasteiger partial charge in [-0.3, -0.25) is 4.79 Å². The summed E-state index contributed by atoms with van der Waals surface area (Å²) in [5.41, 5.74) is 3.29. The fourth-order valence-corrected chi connectivity index (χ4v) is 4.38. The van der Waals surface area contributed by atoms with Crippen LogP contribution in [0.25, 0.3) is 10.8 Å². The first kappa shape index (κ1) is 30.4. The summed E-state index contributed by atoms with van der Waals surface area (Å²) in [6.07, 6.45) is -0.0122. The number of esters is 1. The Morgan fingerprint density at radius 1 is 0.773 bits per heavy atom. The average Bonchev–Trinajstić information content (AvgIpc) is 3.04. The van der Waals surface area contributed by atoms with Crippen LogP contribution in [-0.2, 0) is 4.79 Å². The molecule has 1 N–H and O–H groups in total. The van der Waals surface area contributed by atoms with Crippen molar-refractivity contribution in [3.63, 3.8) is 0 Å². The lowest BCUT2D eigenvalue weighted by atomic mass is 10.0. The van der Waals surface area contributed by atoms with Crippen LogP contribution >= 0.6 is 23.2 Å². The van der Waals surface area contributed by atoms with Crippen LogP contribution in [-0.4, -0.2) is 31.0 Å². The molecule has 5 aromatic carbocycles. The van der Waals surface area contributed by atoms with Crippen LogP contribution in [0.4, 0.5) is 0 Å². The molecule has 0 aromatic heterocycles. The number of nitrogens with one attached hydrogen (secondary N) is 1. The second-order valence-electron chi connectivity index (χ2n) is 9.26. The highest BCUT2D eigenvalue weighted by atomic mass is 35.5. The third-order valence-corrected chi connectivity index (χ3v) is 6.73. The van der Waals surface area contributed by atoms with Crippen molar-refractivity contribution in [2.75, 3.05) is 6.61 Å². The van der Waals surface area contributed by atoms with E-state index >= 15 is 0 Å². The molecule has 0 aliphatic carbocycles. The molecule has 1 amide bonds. The molecule has 8 nitrogen and oxygen atoms in total. The molecular formula is C34H26Cl2N2O6. The fourth-order valence-electron chi connectivity index (χ4n) is 4.13. The van der Waals surface area contributed by atoms with Crippen LogP contribution in [0.15, 0.2) is 114 Å². The van der Waals surface area contributed by atoms with Gasteiger partial charge in [-0.05, 0) is 96.6 Å². The van der Waals surface area contributed by atoms with Gasteiger partial charge in [0.15, 0.2) is 0 Å². The molecule has 10 heteroatoms. The summed E-state index contributed by atoms with van der Waals surface area (Å²) >= 11 is 12.0. The Balaban J connectivity index is 1.37. The van der Waals surface area contributed by atoms with Gasteiger partial charge in [0, 0.05) is 15.6 Å². The maximum atomic E-state index is 13.2. The van der Waals surface area contributed by atoms with E-state index in [1.807, 2.05) is 37.3 Å². The summed E-state index contributed by atoms with van der Waals surface area (Å²) in [5.74, 6) is 0.355. The van der Waals surface area contributed by atoms with E-state index in [9.17, 15) is 9.59 Å². The molecule has 44 heavy (non-hydrogen) atoms. The van der Waals surface area contributed by atoms with E-state index in [0.29, 0.717) is 45.0 Å². The van der Waals surface area contributed by atoms with Crippen molar-refractivity contribution in [3.05, 3.63) is 130 Å². The zero-order valence-electron chi connectivity index (χ0n) is 23.4. The largest absolute Gasteiger partial charge is 0.494 e. The van der Waals surface area contributed by atoms with Gasteiger partial charge in [0.1, 0.15) is 23.0 Å². The number of benzene rings is 5. The molecule has 5 aromatic rings. The first-order valence-electron chi connectivity index (χ1n) is 13.5. The molecule has 0 saturated heterocycles. The standard InChI is InChI=1S/C34H26Cl2N2O6/c1-2-41-26-14-7-23(8-15-26)33(40)44-31-20-9-22-5-3-4-6-29(22)30(31)21-37-38-32(39)34(42-27-16-10-24(35)11-17-27)43-28-18-12-25(36)13-19-28/h3-21,34H,2H2,1H3,(H,38,39)/b37-21-. The van der Waals surface area contributed by atoms with Crippen molar-refractivity contribution in [1.82, 2.24) is 5.43 Å². The molecule has 0 heterocycles. The van der Waals surface area contributed by atoms with Crippen LogP contribution in [0.3, 0.4) is 0 Å². The smallest absolute Gasteiger partial charge is 0.343 e. The molecule has 0 fully saturated rings. The SMILES string of the molecule is CCOc1ccc(C(=O)Oc2ccc3ccccc3c2/C=N\NC(=O)C(Oc2ccc(Cl)cc2)Oc2ccc(Cl)cc2)cc1. The Hall–Kier alpha value is -5.05. The van der Waals surface area contributed by atoms with Crippen molar-refractivity contribution in [2.24, 2.45) is 5.10 Å². The van der Waals surface area contributed by atoms with E-state index in [2.05, 4.69) is 10.5 Å². The number of carbonyl (C=O) groups is 2. The highest BCUT2D eigenvalue weighted by Gasteiger charge is 2.23. The number of halogens is 2. The van der Waals surface area contributed by atoms with Gasteiger partial charge in [-0.1, -0.05) is 53.5 Å². The summed E-state index contributed by atoms with van der Waals surface area (Å²) in [6.45, 7) is 2.40. The summed E-state index contributed by atoms with van der Waals surface area (Å²) in [7, 11) is 0. The number of hydrogen-bond donors (Lipinski definition) is 1.